The van der Waals surface area contributed by atoms with E-state index in [0.717, 1.165) is 12.2 Å². The van der Waals surface area contributed by atoms with Gasteiger partial charge in [0.05, 0.1) is 11.6 Å². The number of hydrogen-bond acceptors (Lipinski definition) is 4. The Bertz CT molecular complexity index is 504. The molecule has 0 radical (unpaired) electrons. The third-order valence-electron chi connectivity index (χ3n) is 4.19. The fourth-order valence-electron chi connectivity index (χ4n) is 2.73. The van der Waals surface area contributed by atoms with Gasteiger partial charge in [0.2, 0.25) is 0 Å². The molecule has 1 aliphatic heterocycles. The van der Waals surface area contributed by atoms with Crippen LogP contribution >= 0.6 is 0 Å². The van der Waals surface area contributed by atoms with Crippen LogP contribution in [0.5, 0.6) is 0 Å². The van der Waals surface area contributed by atoms with Crippen molar-refractivity contribution < 1.29 is 13.2 Å². The average Bonchev–Trinajstić information content (AvgIpc) is 2.52. The summed E-state index contributed by atoms with van der Waals surface area (Å²) in [6, 6.07) is 3.72. The SMILES string of the molecule is CCN(C)c1ccc(N2CCCC(C(F)(F)F)C2)nc1NC. The number of aromatic nitrogens is 1. The summed E-state index contributed by atoms with van der Waals surface area (Å²) in [4.78, 5) is 8.28. The molecule has 0 saturated carbocycles. The van der Waals surface area contributed by atoms with Gasteiger partial charge >= 0.3 is 6.18 Å². The standard InChI is InChI=1S/C15H23F3N4/c1-4-21(3)12-7-8-13(20-14(12)19-2)22-9-5-6-11(10-22)15(16,17)18/h7-8,11H,4-6,9-10H2,1-3H3,(H,19,20). The van der Waals surface area contributed by atoms with Crippen LogP contribution in [0.2, 0.25) is 0 Å². The summed E-state index contributed by atoms with van der Waals surface area (Å²) in [5.41, 5.74) is 0.943. The molecule has 0 aliphatic carbocycles. The van der Waals surface area contributed by atoms with E-state index in [1.807, 2.05) is 24.9 Å². The highest BCUT2D eigenvalue weighted by molar-refractivity contribution is 5.68. The van der Waals surface area contributed by atoms with Crippen LogP contribution in [-0.2, 0) is 0 Å². The first-order chi connectivity index (χ1) is 10.4. The number of rotatable bonds is 4. The normalized spacial score (nSPS) is 19.2. The molecule has 0 spiro atoms. The predicted molar refractivity (Wildman–Crippen MR) is 83.7 cm³/mol. The van der Waals surface area contributed by atoms with Gasteiger partial charge in [-0.1, -0.05) is 0 Å². The molecule has 22 heavy (non-hydrogen) atoms. The molecule has 1 atom stereocenters. The van der Waals surface area contributed by atoms with Crippen LogP contribution in [0, 0.1) is 5.92 Å². The first-order valence-corrected chi connectivity index (χ1v) is 7.58. The topological polar surface area (TPSA) is 31.4 Å². The van der Waals surface area contributed by atoms with Crippen molar-refractivity contribution in [2.75, 3.05) is 48.8 Å². The molecule has 1 aromatic rings. The quantitative estimate of drug-likeness (QED) is 0.923. The maximum atomic E-state index is 12.9. The maximum Gasteiger partial charge on any atom is 0.393 e. The molecule has 7 heteroatoms. The predicted octanol–water partition coefficient (Wildman–Crippen LogP) is 3.36. The van der Waals surface area contributed by atoms with E-state index in [1.54, 1.807) is 18.0 Å². The number of nitrogens with zero attached hydrogens (tertiary/aromatic N) is 3. The van der Waals surface area contributed by atoms with Gasteiger partial charge in [-0.15, -0.1) is 0 Å². The van der Waals surface area contributed by atoms with Crippen molar-refractivity contribution in [1.29, 1.82) is 0 Å². The number of alkyl halides is 3. The summed E-state index contributed by atoms with van der Waals surface area (Å²) in [5, 5.41) is 3.03. The van der Waals surface area contributed by atoms with Gasteiger partial charge in [-0.05, 0) is 31.9 Å². The van der Waals surface area contributed by atoms with Gasteiger partial charge in [-0.25, -0.2) is 4.98 Å². The summed E-state index contributed by atoms with van der Waals surface area (Å²) < 4.78 is 38.8. The fourth-order valence-corrected chi connectivity index (χ4v) is 2.73. The summed E-state index contributed by atoms with van der Waals surface area (Å²) in [5.74, 6) is 0.0293. The van der Waals surface area contributed by atoms with Crippen LogP contribution in [-0.4, -0.2) is 44.9 Å². The van der Waals surface area contributed by atoms with Crippen molar-refractivity contribution in [1.82, 2.24) is 4.98 Å². The second-order valence-electron chi connectivity index (χ2n) is 5.63. The zero-order valence-electron chi connectivity index (χ0n) is 13.2. The van der Waals surface area contributed by atoms with E-state index < -0.39 is 12.1 Å². The van der Waals surface area contributed by atoms with E-state index >= 15 is 0 Å². The monoisotopic (exact) mass is 316 g/mol. The molecule has 0 amide bonds. The van der Waals surface area contributed by atoms with Gasteiger partial charge in [0, 0.05) is 33.7 Å². The van der Waals surface area contributed by atoms with E-state index in [9.17, 15) is 13.2 Å². The van der Waals surface area contributed by atoms with Crippen LogP contribution < -0.4 is 15.1 Å². The van der Waals surface area contributed by atoms with Crippen molar-refractivity contribution in [3.8, 4) is 0 Å². The van der Waals surface area contributed by atoms with Crippen LogP contribution in [0.15, 0.2) is 12.1 Å². The van der Waals surface area contributed by atoms with Gasteiger partial charge < -0.3 is 15.1 Å². The molecule has 124 valence electrons. The first-order valence-electron chi connectivity index (χ1n) is 7.58. The van der Waals surface area contributed by atoms with Gasteiger partial charge in [0.25, 0.3) is 0 Å². The highest BCUT2D eigenvalue weighted by atomic mass is 19.4. The molecule has 4 nitrogen and oxygen atoms in total. The third-order valence-corrected chi connectivity index (χ3v) is 4.19. The largest absolute Gasteiger partial charge is 0.393 e. The van der Waals surface area contributed by atoms with Crippen molar-refractivity contribution in [3.05, 3.63) is 12.1 Å². The summed E-state index contributed by atoms with van der Waals surface area (Å²) in [7, 11) is 3.73. The highest BCUT2D eigenvalue weighted by Crippen LogP contribution is 2.35. The van der Waals surface area contributed by atoms with Gasteiger partial charge in [0.1, 0.15) is 5.82 Å². The molecule has 1 aromatic heterocycles. The lowest BCUT2D eigenvalue weighted by Crippen LogP contribution is -2.42. The molecule has 2 rings (SSSR count). The molecule has 1 saturated heterocycles. The van der Waals surface area contributed by atoms with E-state index in [0.29, 0.717) is 24.6 Å². The molecule has 1 fully saturated rings. The summed E-state index contributed by atoms with van der Waals surface area (Å²) in [6.45, 7) is 3.47. The number of hydrogen-bond donors (Lipinski definition) is 1. The number of pyridine rings is 1. The number of halogens is 3. The Balaban J connectivity index is 2.22. The van der Waals surface area contributed by atoms with Crippen LogP contribution in [0.1, 0.15) is 19.8 Å². The minimum atomic E-state index is -4.13. The van der Waals surface area contributed by atoms with Crippen molar-refractivity contribution in [3.63, 3.8) is 0 Å². The minimum absolute atomic E-state index is 0.0113. The summed E-state index contributed by atoms with van der Waals surface area (Å²) in [6.07, 6.45) is -3.39. The number of piperidine rings is 1. The minimum Gasteiger partial charge on any atom is -0.372 e. The molecule has 1 N–H and O–H groups in total. The zero-order valence-corrected chi connectivity index (χ0v) is 13.2. The van der Waals surface area contributed by atoms with Gasteiger partial charge in [-0.3, -0.25) is 0 Å². The Morgan fingerprint density at radius 2 is 2.14 bits per heavy atom. The molecule has 2 heterocycles. The smallest absolute Gasteiger partial charge is 0.372 e. The van der Waals surface area contributed by atoms with Crippen molar-refractivity contribution >= 4 is 17.3 Å². The van der Waals surface area contributed by atoms with E-state index in [2.05, 4.69) is 10.3 Å². The van der Waals surface area contributed by atoms with E-state index in [1.165, 1.54) is 0 Å². The Kier molecular flexibility index (Phi) is 5.03. The molecule has 0 aromatic carbocycles. The lowest BCUT2D eigenvalue weighted by Gasteiger charge is -2.35. The molecular formula is C15H23F3N4. The Hall–Kier alpha value is -1.66. The van der Waals surface area contributed by atoms with Crippen LogP contribution in [0.3, 0.4) is 0 Å². The van der Waals surface area contributed by atoms with Gasteiger partial charge in [-0.2, -0.15) is 13.2 Å². The Labute approximate surface area is 129 Å². The van der Waals surface area contributed by atoms with Crippen molar-refractivity contribution in [2.24, 2.45) is 5.92 Å². The second kappa shape index (κ2) is 6.62. The highest BCUT2D eigenvalue weighted by Gasteiger charge is 2.42. The van der Waals surface area contributed by atoms with Crippen molar-refractivity contribution in [2.45, 2.75) is 25.9 Å². The van der Waals surface area contributed by atoms with Crippen LogP contribution in [0.4, 0.5) is 30.5 Å². The maximum absolute atomic E-state index is 12.9. The van der Waals surface area contributed by atoms with Gasteiger partial charge in [0.15, 0.2) is 5.82 Å². The summed E-state index contributed by atoms with van der Waals surface area (Å²) >= 11 is 0. The number of nitrogens with one attached hydrogen (secondary N) is 1. The van der Waals surface area contributed by atoms with E-state index in [4.69, 9.17) is 0 Å². The molecule has 1 aliphatic rings. The lowest BCUT2D eigenvalue weighted by atomic mass is 9.97. The molecule has 1 unspecified atom stereocenters. The average molecular weight is 316 g/mol. The van der Waals surface area contributed by atoms with E-state index in [-0.39, 0.29) is 13.0 Å². The molecule has 0 bridgehead atoms. The number of anilines is 3. The fraction of sp³-hybridized carbons (Fsp3) is 0.667. The first kappa shape index (κ1) is 16.7. The second-order valence-corrected chi connectivity index (χ2v) is 5.63. The Morgan fingerprint density at radius 1 is 1.41 bits per heavy atom. The lowest BCUT2D eigenvalue weighted by molar-refractivity contribution is -0.176. The Morgan fingerprint density at radius 3 is 2.73 bits per heavy atom. The third kappa shape index (κ3) is 3.56. The zero-order chi connectivity index (χ0) is 16.3. The molecular weight excluding hydrogens is 293 g/mol. The van der Waals surface area contributed by atoms with Crippen LogP contribution in [0.25, 0.3) is 0 Å².